The monoisotopic (exact) mass is 381 g/mol. The average molecular weight is 382 g/mol. The third kappa shape index (κ3) is 9.39. The van der Waals surface area contributed by atoms with Crippen LogP contribution in [0.15, 0.2) is 42.6 Å². The van der Waals surface area contributed by atoms with Crippen molar-refractivity contribution in [3.63, 3.8) is 0 Å². The SMILES string of the molecule is CCCCCCCc1ccc(CCc2ccc(OCCCCCC)cc2)cn1. The molecule has 0 bridgehead atoms. The summed E-state index contributed by atoms with van der Waals surface area (Å²) in [6, 6.07) is 13.1. The molecule has 0 fully saturated rings. The number of aryl methyl sites for hydroxylation is 3. The molecule has 0 aliphatic heterocycles. The highest BCUT2D eigenvalue weighted by molar-refractivity contribution is 5.28. The van der Waals surface area contributed by atoms with Gasteiger partial charge in [0.05, 0.1) is 6.61 Å². The largest absolute Gasteiger partial charge is 0.494 e. The first-order chi connectivity index (χ1) is 13.8. The molecule has 2 nitrogen and oxygen atoms in total. The molecule has 2 aromatic rings. The molecule has 0 aliphatic rings. The van der Waals surface area contributed by atoms with Crippen molar-refractivity contribution in [2.45, 2.75) is 90.9 Å². The molecule has 0 saturated carbocycles. The highest BCUT2D eigenvalue weighted by Crippen LogP contribution is 2.15. The molecule has 28 heavy (non-hydrogen) atoms. The van der Waals surface area contributed by atoms with Gasteiger partial charge in [0, 0.05) is 11.9 Å². The summed E-state index contributed by atoms with van der Waals surface area (Å²) in [5.41, 5.74) is 3.92. The predicted molar refractivity (Wildman–Crippen MR) is 120 cm³/mol. The lowest BCUT2D eigenvalue weighted by Crippen LogP contribution is -1.98. The summed E-state index contributed by atoms with van der Waals surface area (Å²) >= 11 is 0. The highest BCUT2D eigenvalue weighted by Gasteiger charge is 2.00. The molecule has 0 atom stereocenters. The molecule has 0 saturated heterocycles. The van der Waals surface area contributed by atoms with Gasteiger partial charge in [-0.3, -0.25) is 4.98 Å². The molecule has 0 unspecified atom stereocenters. The van der Waals surface area contributed by atoms with Crippen LogP contribution in [0.5, 0.6) is 5.75 Å². The lowest BCUT2D eigenvalue weighted by molar-refractivity contribution is 0.305. The van der Waals surface area contributed by atoms with Gasteiger partial charge >= 0.3 is 0 Å². The summed E-state index contributed by atoms with van der Waals surface area (Å²) in [5, 5.41) is 0. The summed E-state index contributed by atoms with van der Waals surface area (Å²) < 4.78 is 5.83. The van der Waals surface area contributed by atoms with Crippen molar-refractivity contribution in [2.75, 3.05) is 6.61 Å². The third-order valence-electron chi connectivity index (χ3n) is 5.31. The van der Waals surface area contributed by atoms with E-state index in [1.54, 1.807) is 0 Å². The molecule has 0 radical (unpaired) electrons. The van der Waals surface area contributed by atoms with Crippen LogP contribution in [0.2, 0.25) is 0 Å². The molecule has 2 heteroatoms. The first-order valence-corrected chi connectivity index (χ1v) is 11.5. The van der Waals surface area contributed by atoms with Crippen LogP contribution in [0.3, 0.4) is 0 Å². The van der Waals surface area contributed by atoms with Gasteiger partial charge < -0.3 is 4.74 Å². The normalized spacial score (nSPS) is 10.9. The van der Waals surface area contributed by atoms with Gasteiger partial charge in [0.25, 0.3) is 0 Å². The van der Waals surface area contributed by atoms with Crippen LogP contribution in [-0.2, 0) is 19.3 Å². The van der Waals surface area contributed by atoms with E-state index in [0.717, 1.165) is 38.0 Å². The van der Waals surface area contributed by atoms with Crippen molar-refractivity contribution in [1.82, 2.24) is 4.98 Å². The van der Waals surface area contributed by atoms with Crippen LogP contribution in [-0.4, -0.2) is 11.6 Å². The Morgan fingerprint density at radius 1 is 0.643 bits per heavy atom. The second-order valence-corrected chi connectivity index (χ2v) is 7.88. The zero-order valence-electron chi connectivity index (χ0n) is 18.1. The van der Waals surface area contributed by atoms with Crippen molar-refractivity contribution >= 4 is 0 Å². The minimum absolute atomic E-state index is 0.829. The first-order valence-electron chi connectivity index (χ1n) is 11.5. The molecule has 1 aromatic heterocycles. The average Bonchev–Trinajstić information content (AvgIpc) is 2.74. The van der Waals surface area contributed by atoms with Gasteiger partial charge in [-0.2, -0.15) is 0 Å². The van der Waals surface area contributed by atoms with E-state index in [-0.39, 0.29) is 0 Å². The maximum absolute atomic E-state index is 5.83. The third-order valence-corrected chi connectivity index (χ3v) is 5.31. The predicted octanol–water partition coefficient (Wildman–Crippen LogP) is 7.34. The number of benzene rings is 1. The molecule has 0 N–H and O–H groups in total. The summed E-state index contributed by atoms with van der Waals surface area (Å²) in [5.74, 6) is 0.991. The van der Waals surface area contributed by atoms with Gasteiger partial charge in [-0.25, -0.2) is 0 Å². The maximum Gasteiger partial charge on any atom is 0.119 e. The van der Waals surface area contributed by atoms with E-state index < -0.39 is 0 Å². The van der Waals surface area contributed by atoms with E-state index in [4.69, 9.17) is 4.74 Å². The number of unbranched alkanes of at least 4 members (excludes halogenated alkanes) is 7. The van der Waals surface area contributed by atoms with Gasteiger partial charge in [-0.1, -0.05) is 77.0 Å². The van der Waals surface area contributed by atoms with Crippen molar-refractivity contribution < 1.29 is 4.74 Å². The Hall–Kier alpha value is -1.83. The highest BCUT2D eigenvalue weighted by atomic mass is 16.5. The number of ether oxygens (including phenoxy) is 1. The standard InChI is InChI=1S/C26H39NO/c1-3-5-7-9-10-12-25-18-15-24(22-27-25)14-13-23-16-19-26(20-17-23)28-21-11-8-6-4-2/h15-20,22H,3-14,21H2,1-2H3. The minimum atomic E-state index is 0.829. The molecule has 2 rings (SSSR count). The quantitative estimate of drug-likeness (QED) is 0.301. The first kappa shape index (κ1) is 22.5. The molecule has 0 aliphatic carbocycles. The molecule has 0 spiro atoms. The number of nitrogens with zero attached hydrogens (tertiary/aromatic N) is 1. The molecular weight excluding hydrogens is 342 g/mol. The maximum atomic E-state index is 5.83. The number of aromatic nitrogens is 1. The van der Waals surface area contributed by atoms with Crippen LogP contribution in [0.1, 0.15) is 88.5 Å². The van der Waals surface area contributed by atoms with E-state index in [1.807, 2.05) is 0 Å². The number of hydrogen-bond acceptors (Lipinski definition) is 2. The second-order valence-electron chi connectivity index (χ2n) is 7.88. The van der Waals surface area contributed by atoms with E-state index in [0.29, 0.717) is 0 Å². The van der Waals surface area contributed by atoms with Crippen LogP contribution in [0.25, 0.3) is 0 Å². The van der Waals surface area contributed by atoms with Crippen molar-refractivity contribution in [2.24, 2.45) is 0 Å². The van der Waals surface area contributed by atoms with Gasteiger partial charge in [0.15, 0.2) is 0 Å². The van der Waals surface area contributed by atoms with Crippen LogP contribution in [0, 0.1) is 0 Å². The van der Waals surface area contributed by atoms with Crippen LogP contribution >= 0.6 is 0 Å². The molecule has 1 heterocycles. The molecular formula is C26H39NO. The topological polar surface area (TPSA) is 22.1 Å². The summed E-state index contributed by atoms with van der Waals surface area (Å²) in [4.78, 5) is 4.66. The van der Waals surface area contributed by atoms with Crippen LogP contribution in [0.4, 0.5) is 0 Å². The molecule has 1 aromatic carbocycles. The fraction of sp³-hybridized carbons (Fsp3) is 0.577. The van der Waals surface area contributed by atoms with E-state index in [2.05, 4.69) is 61.4 Å². The van der Waals surface area contributed by atoms with Crippen molar-refractivity contribution in [3.05, 3.63) is 59.4 Å². The van der Waals surface area contributed by atoms with Gasteiger partial charge in [-0.15, -0.1) is 0 Å². The Labute approximate surface area is 172 Å². The Morgan fingerprint density at radius 3 is 1.96 bits per heavy atom. The van der Waals surface area contributed by atoms with E-state index >= 15 is 0 Å². The van der Waals surface area contributed by atoms with Gasteiger partial charge in [-0.05, 0) is 61.4 Å². The van der Waals surface area contributed by atoms with E-state index in [1.165, 1.54) is 68.2 Å². The second kappa shape index (κ2) is 14.2. The number of pyridine rings is 1. The van der Waals surface area contributed by atoms with Crippen LogP contribution < -0.4 is 4.74 Å². The molecule has 154 valence electrons. The Kier molecular flexibility index (Phi) is 11.4. The van der Waals surface area contributed by atoms with Crippen molar-refractivity contribution in [1.29, 1.82) is 0 Å². The molecule has 0 amide bonds. The fourth-order valence-corrected chi connectivity index (χ4v) is 3.42. The number of hydrogen-bond donors (Lipinski definition) is 0. The van der Waals surface area contributed by atoms with Crippen molar-refractivity contribution in [3.8, 4) is 5.75 Å². The fourth-order valence-electron chi connectivity index (χ4n) is 3.42. The van der Waals surface area contributed by atoms with E-state index in [9.17, 15) is 0 Å². The lowest BCUT2D eigenvalue weighted by atomic mass is 10.0. The Morgan fingerprint density at radius 2 is 1.29 bits per heavy atom. The Bertz CT molecular complexity index is 560. The smallest absolute Gasteiger partial charge is 0.119 e. The lowest BCUT2D eigenvalue weighted by Gasteiger charge is -2.08. The Balaban J connectivity index is 1.66. The number of rotatable bonds is 15. The van der Waals surface area contributed by atoms with Gasteiger partial charge in [0.2, 0.25) is 0 Å². The zero-order valence-corrected chi connectivity index (χ0v) is 18.1. The summed E-state index contributed by atoms with van der Waals surface area (Å²) in [6.45, 7) is 5.33. The van der Waals surface area contributed by atoms with Gasteiger partial charge in [0.1, 0.15) is 5.75 Å². The summed E-state index contributed by atoms with van der Waals surface area (Å²) in [6.07, 6.45) is 16.9. The minimum Gasteiger partial charge on any atom is -0.494 e. The zero-order chi connectivity index (χ0) is 19.9. The summed E-state index contributed by atoms with van der Waals surface area (Å²) in [7, 11) is 0.